The van der Waals surface area contributed by atoms with Gasteiger partial charge in [0.05, 0.1) is 38.0 Å². The van der Waals surface area contributed by atoms with Crippen LogP contribution in [0, 0.1) is 17.8 Å². The topological polar surface area (TPSA) is 466 Å². The van der Waals surface area contributed by atoms with E-state index in [2.05, 4.69) is 53.2 Å². The smallest absolute Gasteiger partial charge is 0.408 e. The van der Waals surface area contributed by atoms with E-state index in [1.165, 1.54) is 13.8 Å². The molecule has 1 aliphatic carbocycles. The SMILES string of the molecule is CC(C)C[C@H](NC(=O)[C@@H](NC(=O)[C@@H](NC(=O)OCC1c2ccccc2-c2ccccc21)[C@H](NC(=O)OC(C)(C)C)c1ccccc1)[C@H](O)C(C)C)C(=O)N[C@H](CCNC(=O)OCc1ccccc1)C(=O)N[C@H](C(=O)N[C@H](C(=O)NCC(=O)N[C@@H](CO)C(=O)N[C@@H](CO)C(=O)O)[C@H](C)O)C(C)C. The van der Waals surface area contributed by atoms with Gasteiger partial charge in [-0.2, -0.15) is 0 Å². The highest BCUT2D eigenvalue weighted by Gasteiger charge is 2.42. The fraction of sp³-hybridized carbons (Fsp3) is 0.486. The summed E-state index contributed by atoms with van der Waals surface area (Å²) in [5, 5.41) is 77.4. The number of aliphatic hydroxyl groups is 4. The van der Waals surface area contributed by atoms with Crippen molar-refractivity contribution in [2.75, 3.05) is 32.9 Å². The molecule has 0 unspecified atom stereocenters. The molecule has 31 heteroatoms. The minimum Gasteiger partial charge on any atom is -0.480 e. The first kappa shape index (κ1) is 81.4. The average Bonchev–Trinajstić information content (AvgIpc) is 1.62. The van der Waals surface area contributed by atoms with Crippen molar-refractivity contribution < 1.29 is 97.3 Å². The first-order chi connectivity index (χ1) is 47.7. The lowest BCUT2D eigenvalue weighted by Gasteiger charge is -2.33. The molecule has 11 amide bonds. The fourth-order valence-electron chi connectivity index (χ4n) is 10.7. The number of amides is 11. The summed E-state index contributed by atoms with van der Waals surface area (Å²) in [6.07, 6.45) is -6.96. The molecule has 4 aromatic carbocycles. The summed E-state index contributed by atoms with van der Waals surface area (Å²) in [7, 11) is 0. The number of carboxylic acids is 1. The number of alkyl carbamates (subject to hydrolysis) is 3. The van der Waals surface area contributed by atoms with Crippen LogP contribution < -0.4 is 58.5 Å². The number of carbonyl (C=O) groups is 12. The molecule has 11 atom stereocenters. The van der Waals surface area contributed by atoms with Crippen molar-refractivity contribution in [3.63, 3.8) is 0 Å². The summed E-state index contributed by atoms with van der Waals surface area (Å²) in [4.78, 5) is 165. The summed E-state index contributed by atoms with van der Waals surface area (Å²) >= 11 is 0. The van der Waals surface area contributed by atoms with Crippen LogP contribution in [0.1, 0.15) is 116 Å². The van der Waals surface area contributed by atoms with Gasteiger partial charge in [-0.25, -0.2) is 19.2 Å². The lowest BCUT2D eigenvalue weighted by Crippen LogP contribution is -2.63. The van der Waals surface area contributed by atoms with Crippen LogP contribution in [0.3, 0.4) is 0 Å². The Balaban J connectivity index is 1.42. The molecular weight excluding hydrogens is 1310 g/mol. The van der Waals surface area contributed by atoms with E-state index in [0.29, 0.717) is 5.56 Å². The maximum atomic E-state index is 15.2. The molecule has 5 rings (SSSR count). The number of rotatable bonds is 36. The molecule has 0 spiro atoms. The van der Waals surface area contributed by atoms with E-state index >= 15 is 4.79 Å². The summed E-state index contributed by atoms with van der Waals surface area (Å²) in [5.74, 6) is -12.8. The Labute approximate surface area is 585 Å². The normalized spacial score (nSPS) is 15.1. The predicted octanol–water partition coefficient (Wildman–Crippen LogP) is 1.16. The van der Waals surface area contributed by atoms with Gasteiger partial charge in [-0.15, -0.1) is 0 Å². The summed E-state index contributed by atoms with van der Waals surface area (Å²) < 4.78 is 16.8. The van der Waals surface area contributed by atoms with Gasteiger partial charge in [0.25, 0.3) is 0 Å². The molecule has 0 saturated heterocycles. The number of aliphatic hydroxyl groups excluding tert-OH is 4. The molecule has 4 aromatic rings. The average molecular weight is 1410 g/mol. The maximum Gasteiger partial charge on any atom is 0.408 e. The molecule has 31 nitrogen and oxygen atoms in total. The van der Waals surface area contributed by atoms with Crippen LogP contribution in [0.4, 0.5) is 14.4 Å². The number of ether oxygens (including phenoxy) is 3. The number of carboxylic acid groups (broad SMARTS) is 1. The van der Waals surface area contributed by atoms with E-state index in [9.17, 15) is 73.2 Å². The lowest BCUT2D eigenvalue weighted by atomic mass is 9.95. The van der Waals surface area contributed by atoms with Gasteiger partial charge in [-0.1, -0.05) is 151 Å². The van der Waals surface area contributed by atoms with E-state index < -0.39 is 194 Å². The van der Waals surface area contributed by atoms with Crippen LogP contribution in [0.5, 0.6) is 0 Å². The molecule has 0 radical (unpaired) electrons. The molecule has 550 valence electrons. The van der Waals surface area contributed by atoms with Crippen LogP contribution in [-0.2, 0) is 64.0 Å². The molecule has 0 aromatic heterocycles. The standard InChI is InChI=1S/C70H95N11O20/c1-37(2)31-49(75-65(93)57(58(86)39(5)6)79-64(92)56(55(42-23-15-12-16-24-42)80-69(98)101-70(8,9)10)81-68(97)100-36-47-45-27-19-17-25-43(45)44-26-18-20-28-46(44)47)60(88)74-48(29-30-71-67(96)99-35-41-21-13-11-14-22-41)59(87)77-53(38(3)4)63(91)78-54(40(7)84)62(90)72-32-52(85)73-50(33-82)61(89)76-51(34-83)66(94)95/h11-28,37-40,47-51,53-58,82-84,86H,29-36H2,1-10H3,(H,71,96)(H,72,90)(H,73,85)(H,74,88)(H,75,93)(H,76,89)(H,77,87)(H,78,91)(H,79,92)(H,80,98)(H,81,97)(H,94,95)/t40-,48+,49-,50-,51-,53-,54-,55+,56-,57-,58+/m0/s1. The van der Waals surface area contributed by atoms with Gasteiger partial charge in [-0.3, -0.25) is 38.4 Å². The van der Waals surface area contributed by atoms with Crippen molar-refractivity contribution in [3.05, 3.63) is 131 Å². The van der Waals surface area contributed by atoms with Gasteiger partial charge in [-0.05, 0) is 91.7 Å². The summed E-state index contributed by atoms with van der Waals surface area (Å²) in [6, 6.07) is 16.6. The number of carbonyl (C=O) groups excluding carboxylic acids is 11. The van der Waals surface area contributed by atoms with Crippen molar-refractivity contribution >= 4 is 71.5 Å². The third-order valence-electron chi connectivity index (χ3n) is 15.9. The second-order valence-electron chi connectivity index (χ2n) is 26.3. The molecule has 0 saturated carbocycles. The summed E-state index contributed by atoms with van der Waals surface area (Å²) in [5.41, 5.74) is 3.56. The molecule has 0 bridgehead atoms. The Bertz CT molecular complexity index is 3450. The number of hydrogen-bond donors (Lipinski definition) is 16. The van der Waals surface area contributed by atoms with E-state index in [1.54, 1.807) is 109 Å². The third-order valence-corrected chi connectivity index (χ3v) is 15.9. The molecule has 0 aliphatic heterocycles. The Morgan fingerprint density at radius 2 is 0.980 bits per heavy atom. The van der Waals surface area contributed by atoms with Gasteiger partial charge in [0.2, 0.25) is 47.3 Å². The van der Waals surface area contributed by atoms with E-state index in [4.69, 9.17) is 19.3 Å². The van der Waals surface area contributed by atoms with Gasteiger partial charge in [0, 0.05) is 12.5 Å². The van der Waals surface area contributed by atoms with E-state index in [1.807, 2.05) is 53.8 Å². The highest BCUT2D eigenvalue weighted by atomic mass is 16.6. The first-order valence-electron chi connectivity index (χ1n) is 33.0. The molecule has 101 heavy (non-hydrogen) atoms. The molecule has 1 aliphatic rings. The lowest BCUT2D eigenvalue weighted by molar-refractivity contribution is -0.143. The van der Waals surface area contributed by atoms with Crippen LogP contribution in [0.25, 0.3) is 11.1 Å². The van der Waals surface area contributed by atoms with E-state index in [0.717, 1.165) is 29.2 Å². The van der Waals surface area contributed by atoms with Crippen molar-refractivity contribution in [2.24, 2.45) is 17.8 Å². The van der Waals surface area contributed by atoms with Crippen molar-refractivity contribution in [1.82, 2.24) is 58.5 Å². The Hall–Kier alpha value is -10.2. The van der Waals surface area contributed by atoms with Crippen molar-refractivity contribution in [1.29, 1.82) is 0 Å². The monoisotopic (exact) mass is 1410 g/mol. The number of aliphatic carboxylic acids is 1. The van der Waals surface area contributed by atoms with Crippen molar-refractivity contribution in [2.45, 2.75) is 167 Å². The number of fused-ring (bicyclic) bond motifs is 3. The number of nitrogens with one attached hydrogen (secondary N) is 11. The number of benzene rings is 4. The van der Waals surface area contributed by atoms with Crippen molar-refractivity contribution in [3.8, 4) is 11.1 Å². The Morgan fingerprint density at radius 3 is 1.52 bits per heavy atom. The largest absolute Gasteiger partial charge is 0.480 e. The van der Waals surface area contributed by atoms with Gasteiger partial charge >= 0.3 is 24.2 Å². The van der Waals surface area contributed by atoms with Gasteiger partial charge < -0.3 is 98.2 Å². The number of hydrogen-bond acceptors (Lipinski definition) is 19. The minimum atomic E-state index is -1.92. The van der Waals surface area contributed by atoms with Crippen LogP contribution in [0.2, 0.25) is 0 Å². The highest BCUT2D eigenvalue weighted by Crippen LogP contribution is 2.44. The second-order valence-corrected chi connectivity index (χ2v) is 26.3. The van der Waals surface area contributed by atoms with E-state index in [-0.39, 0.29) is 31.7 Å². The molecule has 0 fully saturated rings. The maximum absolute atomic E-state index is 15.2. The fourth-order valence-corrected chi connectivity index (χ4v) is 10.7. The van der Waals surface area contributed by atoms with Crippen LogP contribution in [0.15, 0.2) is 109 Å². The highest BCUT2D eigenvalue weighted by molar-refractivity contribution is 5.98. The van der Waals surface area contributed by atoms with Crippen LogP contribution >= 0.6 is 0 Å². The Morgan fingerprint density at radius 1 is 0.475 bits per heavy atom. The molecule has 0 heterocycles. The van der Waals surface area contributed by atoms with Gasteiger partial charge in [0.1, 0.15) is 67.1 Å². The van der Waals surface area contributed by atoms with Crippen LogP contribution in [-0.4, -0.2) is 196 Å². The zero-order valence-corrected chi connectivity index (χ0v) is 58.1. The molecule has 16 N–H and O–H groups in total. The first-order valence-corrected chi connectivity index (χ1v) is 33.0. The minimum absolute atomic E-state index is 0.140. The Kier molecular flexibility index (Phi) is 31.4. The summed E-state index contributed by atoms with van der Waals surface area (Å²) in [6.45, 7) is 11.8. The quantitative estimate of drug-likeness (QED) is 0.0284. The molecular formula is C70H95N11O20. The van der Waals surface area contributed by atoms with Gasteiger partial charge in [0.15, 0.2) is 0 Å². The zero-order valence-electron chi connectivity index (χ0n) is 58.1. The third kappa shape index (κ3) is 25.2. The predicted molar refractivity (Wildman–Crippen MR) is 365 cm³/mol. The zero-order chi connectivity index (χ0) is 74.8. The second kappa shape index (κ2) is 38.9.